The lowest BCUT2D eigenvalue weighted by Gasteiger charge is -2.37. The molecule has 0 atom stereocenters. The maximum atomic E-state index is 5.50. The molecule has 1 aromatic carbocycles. The Morgan fingerprint density at radius 1 is 1.30 bits per heavy atom. The van der Waals surface area contributed by atoms with Crippen LogP contribution in [0.2, 0.25) is 0 Å². The third-order valence-electron chi connectivity index (χ3n) is 3.77. The van der Waals surface area contributed by atoms with E-state index in [1.807, 2.05) is 18.2 Å². The van der Waals surface area contributed by atoms with Crippen LogP contribution >= 0.6 is 0 Å². The van der Waals surface area contributed by atoms with E-state index in [1.165, 1.54) is 0 Å². The molecule has 0 bridgehead atoms. The zero-order chi connectivity index (χ0) is 13.8. The second kappa shape index (κ2) is 6.20. The highest BCUT2D eigenvalue weighted by molar-refractivity contribution is 5.58. The smallest absolute Gasteiger partial charge is 0.151 e. The zero-order valence-corrected chi connectivity index (χ0v) is 11.9. The van der Waals surface area contributed by atoms with Gasteiger partial charge in [0.1, 0.15) is 5.69 Å². The summed E-state index contributed by atoms with van der Waals surface area (Å²) in [5, 5.41) is 7.51. The van der Waals surface area contributed by atoms with Gasteiger partial charge in [-0.05, 0) is 13.0 Å². The number of nitrogens with zero attached hydrogens (tertiary/aromatic N) is 2. The molecule has 1 saturated heterocycles. The summed E-state index contributed by atoms with van der Waals surface area (Å²) in [4.78, 5) is 2.48. The first-order valence-electron chi connectivity index (χ1n) is 7.32. The van der Waals surface area contributed by atoms with Gasteiger partial charge in [0.25, 0.3) is 0 Å². The Labute approximate surface area is 119 Å². The molecule has 0 unspecified atom stereocenters. The van der Waals surface area contributed by atoms with Crippen LogP contribution in [0, 0.1) is 0 Å². The van der Waals surface area contributed by atoms with E-state index in [2.05, 4.69) is 40.5 Å². The standard InChI is InChI=1S/C16H21N3O/c1-2-8-19(14-10-17-11-14)12-15-9-16(18-20-15)13-6-4-3-5-7-13/h3-7,9,14,17H,2,8,10-12H2,1H3. The van der Waals surface area contributed by atoms with Gasteiger partial charge in [-0.15, -0.1) is 0 Å². The number of benzene rings is 1. The Morgan fingerprint density at radius 2 is 2.10 bits per heavy atom. The molecule has 1 fully saturated rings. The molecule has 4 heteroatoms. The predicted octanol–water partition coefficient (Wildman–Crippen LogP) is 2.53. The van der Waals surface area contributed by atoms with Crippen LogP contribution in [-0.2, 0) is 6.54 Å². The van der Waals surface area contributed by atoms with Crippen molar-refractivity contribution < 1.29 is 4.52 Å². The lowest BCUT2D eigenvalue weighted by atomic mass is 10.1. The van der Waals surface area contributed by atoms with E-state index in [1.54, 1.807) is 0 Å². The summed E-state index contributed by atoms with van der Waals surface area (Å²) in [5.41, 5.74) is 2.03. The zero-order valence-electron chi connectivity index (χ0n) is 11.9. The van der Waals surface area contributed by atoms with Crippen molar-refractivity contribution >= 4 is 0 Å². The van der Waals surface area contributed by atoms with Crippen LogP contribution in [0.4, 0.5) is 0 Å². The van der Waals surface area contributed by atoms with E-state index in [4.69, 9.17) is 4.52 Å². The van der Waals surface area contributed by atoms with Gasteiger partial charge in [-0.2, -0.15) is 0 Å². The first-order valence-corrected chi connectivity index (χ1v) is 7.32. The van der Waals surface area contributed by atoms with Gasteiger partial charge in [-0.3, -0.25) is 4.90 Å². The molecule has 1 N–H and O–H groups in total. The van der Waals surface area contributed by atoms with Crippen molar-refractivity contribution in [3.63, 3.8) is 0 Å². The van der Waals surface area contributed by atoms with Crippen LogP contribution in [0.3, 0.4) is 0 Å². The fourth-order valence-corrected chi connectivity index (χ4v) is 2.54. The Bertz CT molecular complexity index is 534. The molecule has 1 aromatic heterocycles. The van der Waals surface area contributed by atoms with Gasteiger partial charge in [-0.25, -0.2) is 0 Å². The highest BCUT2D eigenvalue weighted by Gasteiger charge is 2.25. The molecule has 2 heterocycles. The van der Waals surface area contributed by atoms with Crippen LogP contribution in [0.25, 0.3) is 11.3 Å². The van der Waals surface area contributed by atoms with Crippen LogP contribution < -0.4 is 5.32 Å². The minimum atomic E-state index is 0.639. The molecule has 0 radical (unpaired) electrons. The summed E-state index contributed by atoms with van der Waals surface area (Å²) in [5.74, 6) is 0.948. The van der Waals surface area contributed by atoms with E-state index in [-0.39, 0.29) is 0 Å². The van der Waals surface area contributed by atoms with Crippen molar-refractivity contribution in [2.45, 2.75) is 25.9 Å². The predicted molar refractivity (Wildman–Crippen MR) is 79.3 cm³/mol. The fraction of sp³-hybridized carbons (Fsp3) is 0.438. The number of hydrogen-bond donors (Lipinski definition) is 1. The second-order valence-corrected chi connectivity index (χ2v) is 5.33. The average molecular weight is 271 g/mol. The van der Waals surface area contributed by atoms with E-state index in [9.17, 15) is 0 Å². The molecular formula is C16H21N3O. The summed E-state index contributed by atoms with van der Waals surface area (Å²) in [7, 11) is 0. The van der Waals surface area contributed by atoms with Crippen molar-refractivity contribution in [3.05, 3.63) is 42.2 Å². The molecule has 106 valence electrons. The Balaban J connectivity index is 1.69. The molecule has 0 aliphatic carbocycles. The van der Waals surface area contributed by atoms with E-state index >= 15 is 0 Å². The highest BCUT2D eigenvalue weighted by atomic mass is 16.5. The number of hydrogen-bond acceptors (Lipinski definition) is 4. The van der Waals surface area contributed by atoms with Crippen LogP contribution in [0.1, 0.15) is 19.1 Å². The minimum Gasteiger partial charge on any atom is -0.359 e. The molecule has 0 spiro atoms. The van der Waals surface area contributed by atoms with Gasteiger partial charge in [0.2, 0.25) is 0 Å². The first-order chi connectivity index (χ1) is 9.86. The number of aromatic nitrogens is 1. The average Bonchev–Trinajstić information content (AvgIpc) is 2.87. The Hall–Kier alpha value is -1.65. The minimum absolute atomic E-state index is 0.639. The van der Waals surface area contributed by atoms with Gasteiger partial charge >= 0.3 is 0 Å². The quantitative estimate of drug-likeness (QED) is 0.876. The fourth-order valence-electron chi connectivity index (χ4n) is 2.54. The lowest BCUT2D eigenvalue weighted by molar-refractivity contribution is 0.125. The van der Waals surface area contributed by atoms with E-state index in [0.29, 0.717) is 6.04 Å². The van der Waals surface area contributed by atoms with Crippen molar-refractivity contribution in [3.8, 4) is 11.3 Å². The largest absolute Gasteiger partial charge is 0.359 e. The monoisotopic (exact) mass is 271 g/mol. The molecule has 0 amide bonds. The molecule has 3 rings (SSSR count). The molecule has 4 nitrogen and oxygen atoms in total. The maximum absolute atomic E-state index is 5.50. The molecule has 20 heavy (non-hydrogen) atoms. The maximum Gasteiger partial charge on any atom is 0.151 e. The molecule has 0 saturated carbocycles. The molecule has 1 aliphatic rings. The van der Waals surface area contributed by atoms with Crippen molar-refractivity contribution in [2.24, 2.45) is 0 Å². The van der Waals surface area contributed by atoms with Crippen LogP contribution in [0.5, 0.6) is 0 Å². The summed E-state index contributed by atoms with van der Waals surface area (Å²) in [6, 6.07) is 12.9. The van der Waals surface area contributed by atoms with Crippen molar-refractivity contribution in [1.29, 1.82) is 0 Å². The molecule has 2 aromatic rings. The third-order valence-corrected chi connectivity index (χ3v) is 3.77. The first kappa shape index (κ1) is 13.3. The van der Waals surface area contributed by atoms with Crippen molar-refractivity contribution in [1.82, 2.24) is 15.4 Å². The Kier molecular flexibility index (Phi) is 4.14. The second-order valence-electron chi connectivity index (χ2n) is 5.33. The number of nitrogens with one attached hydrogen (secondary N) is 1. The highest BCUT2D eigenvalue weighted by Crippen LogP contribution is 2.20. The summed E-state index contributed by atoms with van der Waals surface area (Å²) in [6.45, 7) is 6.34. The van der Waals surface area contributed by atoms with Crippen LogP contribution in [-0.4, -0.2) is 35.7 Å². The topological polar surface area (TPSA) is 41.3 Å². The normalized spacial score (nSPS) is 15.5. The van der Waals surface area contributed by atoms with Gasteiger partial charge < -0.3 is 9.84 Å². The van der Waals surface area contributed by atoms with Crippen LogP contribution in [0.15, 0.2) is 40.9 Å². The van der Waals surface area contributed by atoms with Gasteiger partial charge in [0.15, 0.2) is 5.76 Å². The summed E-state index contributed by atoms with van der Waals surface area (Å²) >= 11 is 0. The van der Waals surface area contributed by atoms with Gasteiger partial charge in [-0.1, -0.05) is 42.4 Å². The van der Waals surface area contributed by atoms with Gasteiger partial charge in [0, 0.05) is 30.8 Å². The van der Waals surface area contributed by atoms with Gasteiger partial charge in [0.05, 0.1) is 6.54 Å². The lowest BCUT2D eigenvalue weighted by Crippen LogP contribution is -2.56. The van der Waals surface area contributed by atoms with E-state index < -0.39 is 0 Å². The molecule has 1 aliphatic heterocycles. The van der Waals surface area contributed by atoms with E-state index in [0.717, 1.165) is 49.6 Å². The Morgan fingerprint density at radius 3 is 2.75 bits per heavy atom. The molecular weight excluding hydrogens is 250 g/mol. The third kappa shape index (κ3) is 2.92. The summed E-state index contributed by atoms with van der Waals surface area (Å²) in [6.07, 6.45) is 1.16. The van der Waals surface area contributed by atoms with Crippen molar-refractivity contribution in [2.75, 3.05) is 19.6 Å². The SMILES string of the molecule is CCCN(Cc1cc(-c2ccccc2)no1)C1CNC1. The number of rotatable bonds is 6. The summed E-state index contributed by atoms with van der Waals surface area (Å²) < 4.78 is 5.50.